The van der Waals surface area contributed by atoms with Crippen molar-refractivity contribution in [2.24, 2.45) is 0 Å². The predicted molar refractivity (Wildman–Crippen MR) is 396 cm³/mol. The van der Waals surface area contributed by atoms with Crippen molar-refractivity contribution in [3.8, 4) is 79.9 Å². The molecule has 0 aliphatic heterocycles. The molecule has 0 fully saturated rings. The highest BCUT2D eigenvalue weighted by Gasteiger charge is 2.24. The molecule has 0 saturated carbocycles. The number of sulfone groups is 1. The van der Waals surface area contributed by atoms with Gasteiger partial charge in [0.2, 0.25) is 15.8 Å². The summed E-state index contributed by atoms with van der Waals surface area (Å²) in [4.78, 5) is 16.1. The van der Waals surface area contributed by atoms with E-state index in [9.17, 15) is 8.42 Å². The summed E-state index contributed by atoms with van der Waals surface area (Å²) in [5.74, 6) is 4.42. The predicted octanol–water partition coefficient (Wildman–Crippen LogP) is 19.7. The summed E-state index contributed by atoms with van der Waals surface area (Å²) in [5, 5.41) is 8.43. The van der Waals surface area contributed by atoms with Crippen molar-refractivity contribution in [1.82, 2.24) is 33.2 Å². The smallest absolute Gasteiger partial charge is 0.238 e. The van der Waals surface area contributed by atoms with E-state index in [1.807, 2.05) is 140 Å². The third-order valence-electron chi connectivity index (χ3n) is 19.1. The molecule has 0 atom stereocenters. The molecule has 5 heterocycles. The Kier molecular flexibility index (Phi) is 14.0. The number of methoxy groups -OCH3 is 3. The molecule has 13 nitrogen and oxygen atoms in total. The average molecular weight is 1310 g/mol. The van der Waals surface area contributed by atoms with Crippen LogP contribution in [0.15, 0.2) is 301 Å². The zero-order valence-corrected chi connectivity index (χ0v) is 54.7. The van der Waals surface area contributed by atoms with E-state index in [-0.39, 0.29) is 16.4 Å². The lowest BCUT2D eigenvalue weighted by Gasteiger charge is -2.12. The van der Waals surface area contributed by atoms with Crippen molar-refractivity contribution in [3.63, 3.8) is 0 Å². The van der Waals surface area contributed by atoms with E-state index in [1.54, 1.807) is 45.6 Å². The molecule has 18 rings (SSSR count). The first kappa shape index (κ1) is 58.8. The second kappa shape index (κ2) is 23.5. The van der Waals surface area contributed by atoms with Crippen LogP contribution in [0.3, 0.4) is 0 Å². The van der Waals surface area contributed by atoms with Crippen molar-refractivity contribution < 1.29 is 27.4 Å². The molecule has 0 bridgehead atoms. The first-order valence-corrected chi connectivity index (χ1v) is 34.1. The van der Waals surface area contributed by atoms with E-state index in [1.165, 1.54) is 16.3 Å². The molecule has 14 heteroatoms. The molecular formula is C85H59N7O6S. The fourth-order valence-corrected chi connectivity index (χ4v) is 15.6. The van der Waals surface area contributed by atoms with E-state index < -0.39 is 9.84 Å². The van der Waals surface area contributed by atoms with Crippen LogP contribution in [0.1, 0.15) is 5.56 Å². The lowest BCUT2D eigenvalue weighted by Crippen LogP contribution is -2.06. The van der Waals surface area contributed by atoms with Crippen LogP contribution < -0.4 is 18.9 Å². The van der Waals surface area contributed by atoms with Crippen LogP contribution in [0.4, 0.5) is 0 Å². The number of hydrogen-bond donors (Lipinski definition) is 0. The maximum Gasteiger partial charge on any atom is 0.238 e. The first-order valence-electron chi connectivity index (χ1n) is 32.6. The molecular weight excluding hydrogens is 1250 g/mol. The number of nitrogens with zero attached hydrogens (tertiary/aromatic N) is 7. The number of rotatable bonds is 15. The summed E-state index contributed by atoms with van der Waals surface area (Å²) in [6.45, 7) is 0.256. The third kappa shape index (κ3) is 9.90. The molecule has 0 aliphatic rings. The fraction of sp³-hybridized carbons (Fsp3) is 0.0471. The molecule has 0 amide bonds. The van der Waals surface area contributed by atoms with Gasteiger partial charge in [0.05, 0.1) is 75.3 Å². The zero-order chi connectivity index (χ0) is 66.5. The molecule has 5 aromatic heterocycles. The van der Waals surface area contributed by atoms with Crippen LogP contribution in [0.2, 0.25) is 0 Å². The highest BCUT2D eigenvalue weighted by atomic mass is 32.2. The standard InChI is InChI=1S/C85H59N7O6S/c1-95-61-31-41-78-71(48-61)72-49-62(96-2)32-42-79(72)90(78)59-27-35-65(36-28-59)99(93,94)66-37-29-60(30-38-66)91-80-43-33-63(97-3)50-73(80)74-51-64(34-44-81(74)91)98-52-53-15-14-18-57(45-53)84-86-83(54-16-6-4-7-17-54)87-85(88-84)92-76-24-13-11-22-68(76)70-47-56(26-40-82(70)92)55-25-39-77-69(46-55)67-21-10-12-23-75(67)89(77)58-19-8-5-9-20-58/h4-51H,52H2,1-3H3. The molecule has 0 spiro atoms. The van der Waals surface area contributed by atoms with Crippen LogP contribution in [0.5, 0.6) is 23.0 Å². The normalized spacial score (nSPS) is 11.9. The van der Waals surface area contributed by atoms with Crippen LogP contribution in [0, 0.1) is 0 Å². The number of benzene rings is 13. The third-order valence-corrected chi connectivity index (χ3v) is 20.9. The maximum atomic E-state index is 14.4. The molecule has 0 saturated heterocycles. The topological polar surface area (TPSA) is 129 Å². The van der Waals surface area contributed by atoms with Crippen molar-refractivity contribution in [2.75, 3.05) is 21.3 Å². The highest BCUT2D eigenvalue weighted by molar-refractivity contribution is 7.91. The molecule has 0 unspecified atom stereocenters. The minimum absolute atomic E-state index is 0.178. The Bertz CT molecular complexity index is 6320. The largest absolute Gasteiger partial charge is 0.497 e. The summed E-state index contributed by atoms with van der Waals surface area (Å²) in [6, 6.07) is 97.4. The van der Waals surface area contributed by atoms with Gasteiger partial charge < -0.3 is 32.6 Å². The maximum absolute atomic E-state index is 14.4. The highest BCUT2D eigenvalue weighted by Crippen LogP contribution is 2.42. The Morgan fingerprint density at radius 2 is 0.667 bits per heavy atom. The van der Waals surface area contributed by atoms with Crippen LogP contribution in [0.25, 0.3) is 144 Å². The number of aromatic nitrogens is 7. The second-order valence-electron chi connectivity index (χ2n) is 24.6. The van der Waals surface area contributed by atoms with Gasteiger partial charge >= 0.3 is 0 Å². The Hall–Kier alpha value is -12.8. The van der Waals surface area contributed by atoms with Gasteiger partial charge in [-0.15, -0.1) is 0 Å². The van der Waals surface area contributed by atoms with Crippen molar-refractivity contribution in [3.05, 3.63) is 297 Å². The van der Waals surface area contributed by atoms with Gasteiger partial charge in [0, 0.05) is 71.3 Å². The van der Waals surface area contributed by atoms with Gasteiger partial charge in [0.15, 0.2) is 11.6 Å². The Morgan fingerprint density at radius 1 is 0.293 bits per heavy atom. The summed E-state index contributed by atoms with van der Waals surface area (Å²) in [7, 11) is 1.04. The molecule has 0 radical (unpaired) electrons. The molecule has 0 aliphatic carbocycles. The van der Waals surface area contributed by atoms with Gasteiger partial charge in [0.1, 0.15) is 29.6 Å². The lowest BCUT2D eigenvalue weighted by atomic mass is 10.0. The van der Waals surface area contributed by atoms with Gasteiger partial charge in [-0.3, -0.25) is 4.57 Å². The van der Waals surface area contributed by atoms with Crippen molar-refractivity contribution in [1.29, 1.82) is 0 Å². The van der Waals surface area contributed by atoms with Crippen LogP contribution in [-0.2, 0) is 16.4 Å². The molecule has 0 N–H and O–H groups in total. The fourth-order valence-electron chi connectivity index (χ4n) is 14.3. The zero-order valence-electron chi connectivity index (χ0n) is 53.9. The van der Waals surface area contributed by atoms with Gasteiger partial charge in [-0.05, 0) is 193 Å². The molecule has 13 aromatic carbocycles. The van der Waals surface area contributed by atoms with Gasteiger partial charge in [-0.1, -0.05) is 115 Å². The van der Waals surface area contributed by atoms with E-state index in [0.29, 0.717) is 29.1 Å². The lowest BCUT2D eigenvalue weighted by molar-refractivity contribution is 0.306. The molecule has 18 aromatic rings. The van der Waals surface area contributed by atoms with Gasteiger partial charge in [-0.25, -0.2) is 13.4 Å². The minimum Gasteiger partial charge on any atom is -0.497 e. The number of ether oxygens (including phenoxy) is 4. The Labute approximate surface area is 568 Å². The summed E-state index contributed by atoms with van der Waals surface area (Å²) in [6.07, 6.45) is 0. The molecule has 476 valence electrons. The Balaban J connectivity index is 0.643. The monoisotopic (exact) mass is 1310 g/mol. The number of para-hydroxylation sites is 3. The van der Waals surface area contributed by atoms with E-state index in [0.717, 1.165) is 127 Å². The number of fused-ring (bicyclic) bond motifs is 12. The van der Waals surface area contributed by atoms with Gasteiger partial charge in [-0.2, -0.15) is 9.97 Å². The summed E-state index contributed by atoms with van der Waals surface area (Å²) >= 11 is 0. The second-order valence-corrected chi connectivity index (χ2v) is 26.6. The van der Waals surface area contributed by atoms with E-state index >= 15 is 0 Å². The van der Waals surface area contributed by atoms with Crippen LogP contribution in [-0.4, -0.2) is 63.0 Å². The van der Waals surface area contributed by atoms with E-state index in [4.69, 9.17) is 33.9 Å². The first-order chi connectivity index (χ1) is 48.7. The minimum atomic E-state index is -3.92. The number of hydrogen-bond acceptors (Lipinski definition) is 9. The van der Waals surface area contributed by atoms with Crippen LogP contribution >= 0.6 is 0 Å². The van der Waals surface area contributed by atoms with E-state index in [2.05, 4.69) is 146 Å². The molecule has 99 heavy (non-hydrogen) atoms. The summed E-state index contributed by atoms with van der Waals surface area (Å²) in [5.41, 5.74) is 15.6. The van der Waals surface area contributed by atoms with Gasteiger partial charge in [0.25, 0.3) is 0 Å². The van der Waals surface area contributed by atoms with Crippen molar-refractivity contribution >= 4 is 97.1 Å². The van der Waals surface area contributed by atoms with Crippen molar-refractivity contribution in [2.45, 2.75) is 16.4 Å². The summed E-state index contributed by atoms with van der Waals surface area (Å²) < 4.78 is 61.2. The quantitative estimate of drug-likeness (QED) is 0.0985. The average Bonchev–Trinajstić information content (AvgIpc) is 1.61. The SMILES string of the molecule is COc1ccc2c(c1)c1cc(OC)ccc1n2-c1ccc(S(=O)(=O)c2ccc(-n3c4ccc(OC)cc4c4cc(OCc5cccc(-c6nc(-c7ccccc7)nc(-n7c8ccccc8c8cc(-c9ccc%10c(c9)c9ccccc9n%10-c9ccccc9)ccc87)n6)c5)ccc43)cc2)cc1. The Morgan fingerprint density at radius 3 is 1.16 bits per heavy atom.